The number of nitrogens with one attached hydrogen (secondary N) is 2. The van der Waals surface area contributed by atoms with Crippen LogP contribution in [0.2, 0.25) is 5.02 Å². The van der Waals surface area contributed by atoms with Crippen molar-refractivity contribution in [2.45, 2.75) is 31.7 Å². The highest BCUT2D eigenvalue weighted by Gasteiger charge is 2.31. The van der Waals surface area contributed by atoms with Crippen LogP contribution in [-0.4, -0.2) is 35.0 Å². The summed E-state index contributed by atoms with van der Waals surface area (Å²) in [5.41, 5.74) is 1.81. The topological polar surface area (TPSA) is 81.7 Å². The minimum Gasteiger partial charge on any atom is -0.506 e. The number of benzene rings is 2. The van der Waals surface area contributed by atoms with Crippen LogP contribution >= 0.6 is 11.6 Å². The van der Waals surface area contributed by atoms with Gasteiger partial charge in [0.15, 0.2) is 0 Å². The fraction of sp³-hybridized carbons (Fsp3) is 0.364. The number of halogens is 2. The van der Waals surface area contributed by atoms with Crippen molar-refractivity contribution in [2.75, 3.05) is 18.4 Å². The van der Waals surface area contributed by atoms with Gasteiger partial charge in [-0.2, -0.15) is 0 Å². The molecule has 3 amide bonds. The smallest absolute Gasteiger partial charge is 0.317 e. The maximum atomic E-state index is 13.9. The molecule has 1 atom stereocenters. The molecule has 0 spiro atoms. The van der Waals surface area contributed by atoms with E-state index in [1.165, 1.54) is 18.2 Å². The second kappa shape index (κ2) is 8.52. The number of phenols is 1. The zero-order chi connectivity index (χ0) is 21.3. The number of rotatable bonds is 3. The minimum absolute atomic E-state index is 0.0437. The highest BCUT2D eigenvalue weighted by atomic mass is 35.5. The van der Waals surface area contributed by atoms with Crippen LogP contribution in [0.5, 0.6) is 5.75 Å². The number of urea groups is 1. The number of fused-ring (bicyclic) bond motifs is 1. The first-order valence-electron chi connectivity index (χ1n) is 10.0. The quantitative estimate of drug-likeness (QED) is 0.636. The third-order valence-corrected chi connectivity index (χ3v) is 6.12. The van der Waals surface area contributed by atoms with E-state index in [9.17, 15) is 19.1 Å². The lowest BCUT2D eigenvalue weighted by Crippen LogP contribution is -2.46. The number of hydrogen-bond donors (Lipinski definition) is 3. The number of hydrogen-bond acceptors (Lipinski definition) is 3. The molecule has 2 aromatic carbocycles. The van der Waals surface area contributed by atoms with Crippen molar-refractivity contribution in [3.05, 3.63) is 58.4 Å². The van der Waals surface area contributed by atoms with Crippen molar-refractivity contribution >= 4 is 29.2 Å². The number of phenolic OH excluding ortho intramolecular Hbond substituents is 1. The Morgan fingerprint density at radius 1 is 1.13 bits per heavy atom. The third-order valence-electron chi connectivity index (χ3n) is 5.88. The number of carbonyl (C=O) groups is 2. The number of aromatic hydroxyl groups is 1. The molecule has 0 saturated carbocycles. The molecule has 1 fully saturated rings. The monoisotopic (exact) mass is 431 g/mol. The first-order chi connectivity index (χ1) is 14.4. The Labute approximate surface area is 179 Å². The zero-order valence-corrected chi connectivity index (χ0v) is 17.1. The molecule has 8 heteroatoms. The largest absolute Gasteiger partial charge is 0.506 e. The Hall–Kier alpha value is -2.80. The zero-order valence-electron chi connectivity index (χ0n) is 16.3. The van der Waals surface area contributed by atoms with E-state index < -0.39 is 0 Å². The number of anilines is 1. The molecule has 3 N–H and O–H groups in total. The molecule has 2 aliphatic rings. The van der Waals surface area contributed by atoms with E-state index >= 15 is 0 Å². The SMILES string of the molecule is O=C(Nc1cc(Cl)ccc1O)C1CCN(C(=O)NC2CCc3c(F)cccc32)CC1. The summed E-state index contributed by atoms with van der Waals surface area (Å²) >= 11 is 5.92. The lowest BCUT2D eigenvalue weighted by molar-refractivity contribution is -0.121. The molecule has 158 valence electrons. The van der Waals surface area contributed by atoms with Crippen LogP contribution in [0, 0.1) is 11.7 Å². The fourth-order valence-corrected chi connectivity index (χ4v) is 4.36. The van der Waals surface area contributed by atoms with Gasteiger partial charge in [0.1, 0.15) is 11.6 Å². The maximum Gasteiger partial charge on any atom is 0.317 e. The summed E-state index contributed by atoms with van der Waals surface area (Å²) in [7, 11) is 0. The molecule has 1 saturated heterocycles. The molecule has 1 aliphatic carbocycles. The molecule has 1 aliphatic heterocycles. The Morgan fingerprint density at radius 2 is 1.90 bits per heavy atom. The Balaban J connectivity index is 1.30. The van der Waals surface area contributed by atoms with Crippen molar-refractivity contribution in [1.29, 1.82) is 0 Å². The average Bonchev–Trinajstić information content (AvgIpc) is 3.15. The Morgan fingerprint density at radius 3 is 2.67 bits per heavy atom. The third kappa shape index (κ3) is 4.21. The standard InChI is InChI=1S/C22H23ClFN3O3/c23-14-4-7-20(28)19(12-14)25-21(29)13-8-10-27(11-9-13)22(30)26-18-6-5-15-16(18)2-1-3-17(15)24/h1-4,7,12-13,18,28H,5-6,8-11H2,(H,25,29)(H,26,30). The molecular weight excluding hydrogens is 409 g/mol. The summed E-state index contributed by atoms with van der Waals surface area (Å²) in [6.07, 6.45) is 2.35. The summed E-state index contributed by atoms with van der Waals surface area (Å²) in [6.45, 7) is 0.905. The van der Waals surface area contributed by atoms with Crippen LogP contribution in [0.1, 0.15) is 36.4 Å². The molecule has 0 aromatic heterocycles. The van der Waals surface area contributed by atoms with Gasteiger partial charge in [0.2, 0.25) is 5.91 Å². The van der Waals surface area contributed by atoms with Gasteiger partial charge in [-0.3, -0.25) is 4.79 Å². The van der Waals surface area contributed by atoms with Gasteiger partial charge in [-0.1, -0.05) is 23.7 Å². The molecular formula is C22H23ClFN3O3. The number of nitrogens with zero attached hydrogens (tertiary/aromatic N) is 1. The molecule has 2 aromatic rings. The second-order valence-electron chi connectivity index (χ2n) is 7.76. The Bertz CT molecular complexity index is 976. The summed E-state index contributed by atoms with van der Waals surface area (Å²) in [4.78, 5) is 26.9. The molecule has 4 rings (SSSR count). The minimum atomic E-state index is -0.256. The van der Waals surface area contributed by atoms with Gasteiger partial charge in [0, 0.05) is 24.0 Å². The van der Waals surface area contributed by atoms with Gasteiger partial charge in [-0.15, -0.1) is 0 Å². The van der Waals surface area contributed by atoms with Crippen molar-refractivity contribution in [3.63, 3.8) is 0 Å². The molecule has 6 nitrogen and oxygen atoms in total. The van der Waals surface area contributed by atoms with E-state index in [-0.39, 0.29) is 41.2 Å². The Kier molecular flexibility index (Phi) is 5.81. The molecule has 30 heavy (non-hydrogen) atoms. The maximum absolute atomic E-state index is 13.9. The normalized spacial score (nSPS) is 18.7. The number of piperidine rings is 1. The highest BCUT2D eigenvalue weighted by Crippen LogP contribution is 2.33. The van der Waals surface area contributed by atoms with Gasteiger partial charge in [-0.05, 0) is 61.1 Å². The highest BCUT2D eigenvalue weighted by molar-refractivity contribution is 6.31. The lowest BCUT2D eigenvalue weighted by Gasteiger charge is -2.32. The van der Waals surface area contributed by atoms with Crippen LogP contribution in [0.4, 0.5) is 14.9 Å². The van der Waals surface area contributed by atoms with E-state index in [1.54, 1.807) is 17.0 Å². The van der Waals surface area contributed by atoms with Crippen LogP contribution in [0.15, 0.2) is 36.4 Å². The first kappa shape index (κ1) is 20.5. The molecule has 0 radical (unpaired) electrons. The summed E-state index contributed by atoms with van der Waals surface area (Å²) in [5, 5.41) is 16.0. The average molecular weight is 432 g/mol. The predicted octanol–water partition coefficient (Wildman–Crippen LogP) is 4.23. The first-order valence-corrected chi connectivity index (χ1v) is 10.4. The van der Waals surface area contributed by atoms with E-state index in [0.717, 1.165) is 5.56 Å². The number of amides is 3. The van der Waals surface area contributed by atoms with Gasteiger partial charge >= 0.3 is 6.03 Å². The van der Waals surface area contributed by atoms with E-state index in [1.807, 2.05) is 6.07 Å². The fourth-order valence-electron chi connectivity index (χ4n) is 4.19. The number of likely N-dealkylation sites (tertiary alicyclic amines) is 1. The van der Waals surface area contributed by atoms with Crippen LogP contribution < -0.4 is 10.6 Å². The van der Waals surface area contributed by atoms with E-state index in [0.29, 0.717) is 49.4 Å². The van der Waals surface area contributed by atoms with Gasteiger partial charge < -0.3 is 20.6 Å². The molecule has 1 unspecified atom stereocenters. The van der Waals surface area contributed by atoms with Crippen LogP contribution in [-0.2, 0) is 11.2 Å². The molecule has 1 heterocycles. The van der Waals surface area contributed by atoms with Gasteiger partial charge in [0.25, 0.3) is 0 Å². The summed E-state index contributed by atoms with van der Waals surface area (Å²) < 4.78 is 13.9. The van der Waals surface area contributed by atoms with E-state index in [2.05, 4.69) is 10.6 Å². The number of carbonyl (C=O) groups excluding carboxylic acids is 2. The van der Waals surface area contributed by atoms with Crippen molar-refractivity contribution < 1.29 is 19.1 Å². The summed E-state index contributed by atoms with van der Waals surface area (Å²) in [6, 6.07) is 9.07. The lowest BCUT2D eigenvalue weighted by atomic mass is 9.96. The predicted molar refractivity (Wildman–Crippen MR) is 112 cm³/mol. The van der Waals surface area contributed by atoms with Crippen molar-refractivity contribution in [3.8, 4) is 5.75 Å². The van der Waals surface area contributed by atoms with Crippen LogP contribution in [0.25, 0.3) is 0 Å². The van der Waals surface area contributed by atoms with E-state index in [4.69, 9.17) is 11.6 Å². The molecule has 0 bridgehead atoms. The summed E-state index contributed by atoms with van der Waals surface area (Å²) in [5.74, 6) is -0.721. The van der Waals surface area contributed by atoms with Crippen molar-refractivity contribution in [1.82, 2.24) is 10.2 Å². The van der Waals surface area contributed by atoms with Crippen molar-refractivity contribution in [2.24, 2.45) is 5.92 Å². The van der Waals surface area contributed by atoms with Crippen LogP contribution in [0.3, 0.4) is 0 Å². The van der Waals surface area contributed by atoms with Gasteiger partial charge in [-0.25, -0.2) is 9.18 Å². The van der Waals surface area contributed by atoms with Gasteiger partial charge in [0.05, 0.1) is 11.7 Å². The second-order valence-corrected chi connectivity index (χ2v) is 8.20.